The molecule has 0 saturated carbocycles. The van der Waals surface area contributed by atoms with Crippen molar-refractivity contribution < 1.29 is 24.9 Å². The van der Waals surface area contributed by atoms with Gasteiger partial charge in [-0.05, 0) is 18.6 Å². The number of hydrogen-bond acceptors (Lipinski definition) is 4. The van der Waals surface area contributed by atoms with Crippen molar-refractivity contribution in [2.45, 2.75) is 44.3 Å². The second-order valence-electron chi connectivity index (χ2n) is 4.53. The molecule has 0 bridgehead atoms. The van der Waals surface area contributed by atoms with Crippen LogP contribution in [0.5, 0.6) is 5.75 Å². The molecular formula is C15H22O5S. The highest BCUT2D eigenvalue weighted by molar-refractivity contribution is 7.81. The third-order valence-electron chi connectivity index (χ3n) is 2.75. The lowest BCUT2D eigenvalue weighted by Crippen LogP contribution is -2.12. The van der Waals surface area contributed by atoms with Crippen molar-refractivity contribution in [2.24, 2.45) is 0 Å². The zero-order valence-corrected chi connectivity index (χ0v) is 12.9. The van der Waals surface area contributed by atoms with E-state index >= 15 is 0 Å². The SMILES string of the molecule is CCCCCCC(S)C(=O)O.O=C(O)c1ccccc1O. The number of hydrogen-bond donors (Lipinski definition) is 4. The molecule has 0 aliphatic rings. The second kappa shape index (κ2) is 11.0. The summed E-state index contributed by atoms with van der Waals surface area (Å²) in [5, 5.41) is 25.3. The summed E-state index contributed by atoms with van der Waals surface area (Å²) in [5.41, 5.74) is -0.0671. The van der Waals surface area contributed by atoms with E-state index in [0.29, 0.717) is 6.42 Å². The fourth-order valence-electron chi connectivity index (χ4n) is 1.54. The van der Waals surface area contributed by atoms with Crippen LogP contribution < -0.4 is 0 Å². The van der Waals surface area contributed by atoms with Gasteiger partial charge >= 0.3 is 11.9 Å². The average Bonchev–Trinajstić information content (AvgIpc) is 2.44. The van der Waals surface area contributed by atoms with E-state index in [1.807, 2.05) is 0 Å². The quantitative estimate of drug-likeness (QED) is 0.457. The van der Waals surface area contributed by atoms with Gasteiger partial charge in [0.15, 0.2) is 0 Å². The standard InChI is InChI=1S/C8H16O2S.C7H6O3/c1-2-3-4-5-6-7(11)8(9)10;8-6-4-2-1-3-5(6)7(9)10/h7,11H,2-6H2,1H3,(H,9,10);1-4,8H,(H,9,10). The predicted octanol–water partition coefficient (Wildman–Crippen LogP) is 3.43. The first-order valence-corrected chi connectivity index (χ1v) is 7.34. The number of phenols is 1. The summed E-state index contributed by atoms with van der Waals surface area (Å²) in [7, 11) is 0. The minimum absolute atomic E-state index is 0.0671. The van der Waals surface area contributed by atoms with Crippen molar-refractivity contribution in [1.29, 1.82) is 0 Å². The van der Waals surface area contributed by atoms with E-state index in [4.69, 9.17) is 15.3 Å². The van der Waals surface area contributed by atoms with Crippen molar-refractivity contribution in [3.8, 4) is 5.75 Å². The Balaban J connectivity index is 0.000000382. The van der Waals surface area contributed by atoms with Crippen molar-refractivity contribution in [1.82, 2.24) is 0 Å². The normalized spacial score (nSPS) is 11.1. The van der Waals surface area contributed by atoms with Gasteiger partial charge in [0.2, 0.25) is 0 Å². The summed E-state index contributed by atoms with van der Waals surface area (Å²) in [6.07, 6.45) is 5.18. The molecule has 5 nitrogen and oxygen atoms in total. The summed E-state index contributed by atoms with van der Waals surface area (Å²) >= 11 is 3.93. The molecule has 1 rings (SSSR count). The molecule has 0 aromatic heterocycles. The number of benzene rings is 1. The predicted molar refractivity (Wildman–Crippen MR) is 84.2 cm³/mol. The van der Waals surface area contributed by atoms with Crippen molar-refractivity contribution >= 4 is 24.6 Å². The van der Waals surface area contributed by atoms with Crippen LogP contribution in [-0.4, -0.2) is 32.5 Å². The van der Waals surface area contributed by atoms with Crippen LogP contribution >= 0.6 is 12.6 Å². The minimum atomic E-state index is -1.11. The summed E-state index contributed by atoms with van der Waals surface area (Å²) in [6.45, 7) is 2.13. The summed E-state index contributed by atoms with van der Waals surface area (Å²) in [4.78, 5) is 20.5. The topological polar surface area (TPSA) is 94.8 Å². The molecular weight excluding hydrogens is 292 g/mol. The zero-order chi connectivity index (χ0) is 16.3. The monoisotopic (exact) mass is 314 g/mol. The molecule has 6 heteroatoms. The van der Waals surface area contributed by atoms with E-state index in [2.05, 4.69) is 19.6 Å². The van der Waals surface area contributed by atoms with Gasteiger partial charge in [0.1, 0.15) is 11.3 Å². The number of unbranched alkanes of at least 4 members (excludes halogenated alkanes) is 3. The molecule has 21 heavy (non-hydrogen) atoms. The van der Waals surface area contributed by atoms with E-state index in [-0.39, 0.29) is 11.3 Å². The Hall–Kier alpha value is -1.69. The number of carboxylic acid groups (broad SMARTS) is 2. The molecule has 118 valence electrons. The summed E-state index contributed by atoms with van der Waals surface area (Å²) in [5.74, 6) is -2.11. The van der Waals surface area contributed by atoms with Crippen molar-refractivity contribution in [2.75, 3.05) is 0 Å². The lowest BCUT2D eigenvalue weighted by atomic mass is 10.1. The molecule has 1 aromatic carbocycles. The van der Waals surface area contributed by atoms with E-state index in [0.717, 1.165) is 12.8 Å². The lowest BCUT2D eigenvalue weighted by Gasteiger charge is -2.03. The third-order valence-corrected chi connectivity index (χ3v) is 3.23. The summed E-state index contributed by atoms with van der Waals surface area (Å²) < 4.78 is 0. The molecule has 0 spiro atoms. The Morgan fingerprint density at radius 1 is 1.14 bits per heavy atom. The van der Waals surface area contributed by atoms with Gasteiger partial charge in [0.25, 0.3) is 0 Å². The molecule has 0 amide bonds. The highest BCUT2D eigenvalue weighted by Crippen LogP contribution is 2.14. The van der Waals surface area contributed by atoms with Gasteiger partial charge in [0.05, 0.1) is 5.25 Å². The first-order chi connectivity index (χ1) is 9.90. The number of rotatable bonds is 7. The van der Waals surface area contributed by atoms with Crippen LogP contribution in [0.3, 0.4) is 0 Å². The molecule has 0 heterocycles. The molecule has 0 saturated heterocycles. The molecule has 1 unspecified atom stereocenters. The van der Waals surface area contributed by atoms with Crippen LogP contribution in [0.4, 0.5) is 0 Å². The van der Waals surface area contributed by atoms with Crippen LogP contribution in [0, 0.1) is 0 Å². The number of aromatic carboxylic acids is 1. The molecule has 0 radical (unpaired) electrons. The van der Waals surface area contributed by atoms with Crippen LogP contribution in [0.2, 0.25) is 0 Å². The average molecular weight is 314 g/mol. The molecule has 1 aromatic rings. The number of aromatic hydroxyl groups is 1. The third kappa shape index (κ3) is 8.96. The van der Waals surface area contributed by atoms with Gasteiger partial charge in [-0.3, -0.25) is 4.79 Å². The highest BCUT2D eigenvalue weighted by Gasteiger charge is 2.10. The molecule has 3 N–H and O–H groups in total. The number of thiol groups is 1. The van der Waals surface area contributed by atoms with Crippen LogP contribution in [-0.2, 0) is 4.79 Å². The zero-order valence-electron chi connectivity index (χ0n) is 12.0. The number of carbonyl (C=O) groups is 2. The molecule has 1 atom stereocenters. The Labute approximate surface area is 130 Å². The number of aliphatic carboxylic acids is 1. The van der Waals surface area contributed by atoms with Gasteiger partial charge in [-0.1, -0.05) is 44.7 Å². The second-order valence-corrected chi connectivity index (χ2v) is 5.15. The van der Waals surface area contributed by atoms with Gasteiger partial charge in [-0.15, -0.1) is 0 Å². The maximum Gasteiger partial charge on any atom is 0.339 e. The maximum absolute atomic E-state index is 10.3. The largest absolute Gasteiger partial charge is 0.507 e. The fraction of sp³-hybridized carbons (Fsp3) is 0.467. The number of para-hydroxylation sites is 1. The molecule has 0 fully saturated rings. The van der Waals surface area contributed by atoms with Crippen LogP contribution in [0.25, 0.3) is 0 Å². The first kappa shape index (κ1) is 19.3. The molecule has 0 aliphatic carbocycles. The van der Waals surface area contributed by atoms with Gasteiger partial charge in [-0.25, -0.2) is 4.79 Å². The fourth-order valence-corrected chi connectivity index (χ4v) is 1.73. The Morgan fingerprint density at radius 3 is 2.19 bits per heavy atom. The van der Waals surface area contributed by atoms with E-state index < -0.39 is 17.2 Å². The van der Waals surface area contributed by atoms with Crippen LogP contribution in [0.1, 0.15) is 49.4 Å². The van der Waals surface area contributed by atoms with E-state index in [1.165, 1.54) is 25.0 Å². The Morgan fingerprint density at radius 2 is 1.76 bits per heavy atom. The van der Waals surface area contributed by atoms with Gasteiger partial charge in [-0.2, -0.15) is 12.6 Å². The van der Waals surface area contributed by atoms with Crippen molar-refractivity contribution in [3.63, 3.8) is 0 Å². The van der Waals surface area contributed by atoms with E-state index in [1.54, 1.807) is 12.1 Å². The number of carboxylic acids is 2. The van der Waals surface area contributed by atoms with Gasteiger partial charge < -0.3 is 15.3 Å². The Kier molecular flexibility index (Phi) is 10.1. The highest BCUT2D eigenvalue weighted by atomic mass is 32.1. The smallest absolute Gasteiger partial charge is 0.339 e. The molecule has 0 aliphatic heterocycles. The lowest BCUT2D eigenvalue weighted by molar-refractivity contribution is -0.136. The van der Waals surface area contributed by atoms with Crippen LogP contribution in [0.15, 0.2) is 24.3 Å². The maximum atomic E-state index is 10.3. The van der Waals surface area contributed by atoms with E-state index in [9.17, 15) is 9.59 Å². The minimum Gasteiger partial charge on any atom is -0.507 e. The van der Waals surface area contributed by atoms with Gasteiger partial charge in [0, 0.05) is 0 Å². The van der Waals surface area contributed by atoms with Crippen molar-refractivity contribution in [3.05, 3.63) is 29.8 Å². The first-order valence-electron chi connectivity index (χ1n) is 6.82. The Bertz CT molecular complexity index is 447. The summed E-state index contributed by atoms with van der Waals surface area (Å²) in [6, 6.07) is 5.81.